The minimum absolute atomic E-state index is 0.0400. The van der Waals surface area contributed by atoms with E-state index in [2.05, 4.69) is 10.6 Å². The van der Waals surface area contributed by atoms with Gasteiger partial charge in [-0.1, -0.05) is 6.07 Å². The van der Waals surface area contributed by atoms with E-state index in [1.165, 1.54) is 0 Å². The summed E-state index contributed by atoms with van der Waals surface area (Å²) in [5.41, 5.74) is 0. The van der Waals surface area contributed by atoms with E-state index < -0.39 is 0 Å². The van der Waals surface area contributed by atoms with E-state index in [9.17, 15) is 4.79 Å². The van der Waals surface area contributed by atoms with Gasteiger partial charge < -0.3 is 19.8 Å². The fourth-order valence-electron chi connectivity index (χ4n) is 1.84. The summed E-state index contributed by atoms with van der Waals surface area (Å²) in [4.78, 5) is 12.8. The number of hydrogen-bond donors (Lipinski definition) is 2. The molecular formula is C14H18N2O3S. The predicted molar refractivity (Wildman–Crippen MR) is 78.1 cm³/mol. The molecule has 0 saturated heterocycles. The van der Waals surface area contributed by atoms with Crippen LogP contribution in [0.25, 0.3) is 0 Å². The van der Waals surface area contributed by atoms with Crippen LogP contribution in [0.1, 0.15) is 16.6 Å². The van der Waals surface area contributed by atoms with Crippen LogP contribution in [-0.2, 0) is 4.74 Å². The number of furan rings is 1. The van der Waals surface area contributed by atoms with Crippen LogP contribution < -0.4 is 10.6 Å². The number of thiophene rings is 1. The van der Waals surface area contributed by atoms with E-state index in [0.717, 1.165) is 10.6 Å². The Morgan fingerprint density at radius 2 is 2.30 bits per heavy atom. The molecule has 2 aromatic rings. The minimum atomic E-state index is -0.199. The Kier molecular flexibility index (Phi) is 5.64. The third kappa shape index (κ3) is 4.11. The van der Waals surface area contributed by atoms with E-state index in [4.69, 9.17) is 9.15 Å². The van der Waals surface area contributed by atoms with Crippen molar-refractivity contribution in [2.75, 3.05) is 26.8 Å². The third-order valence-electron chi connectivity index (χ3n) is 2.83. The quantitative estimate of drug-likeness (QED) is 0.771. The third-order valence-corrected chi connectivity index (χ3v) is 3.82. The van der Waals surface area contributed by atoms with Crippen LogP contribution in [0.4, 0.5) is 4.79 Å². The summed E-state index contributed by atoms with van der Waals surface area (Å²) in [6.45, 7) is 1.49. The maximum atomic E-state index is 11.7. The molecule has 2 amide bonds. The molecule has 0 bridgehead atoms. The normalized spacial score (nSPS) is 12.1. The van der Waals surface area contributed by atoms with E-state index in [1.54, 1.807) is 24.7 Å². The molecule has 108 valence electrons. The standard InChI is InChI=1S/C14H18N2O3S/c1-18-8-6-15-14(17)16-10-11(12-4-2-7-19-12)13-5-3-9-20-13/h2-5,7,9,11H,6,8,10H2,1H3,(H2,15,16,17). The summed E-state index contributed by atoms with van der Waals surface area (Å²) >= 11 is 1.65. The van der Waals surface area contributed by atoms with Crippen LogP contribution in [0.2, 0.25) is 0 Å². The smallest absolute Gasteiger partial charge is 0.314 e. The molecule has 2 rings (SSSR count). The van der Waals surface area contributed by atoms with Gasteiger partial charge in [-0.3, -0.25) is 0 Å². The van der Waals surface area contributed by atoms with Crippen molar-refractivity contribution in [2.24, 2.45) is 0 Å². The Balaban J connectivity index is 1.91. The zero-order valence-corrected chi connectivity index (χ0v) is 12.1. The predicted octanol–water partition coefficient (Wildman–Crippen LogP) is 2.42. The highest BCUT2D eigenvalue weighted by Gasteiger charge is 2.18. The second-order valence-electron chi connectivity index (χ2n) is 4.21. The molecule has 0 aliphatic rings. The van der Waals surface area contributed by atoms with Crippen LogP contribution in [0, 0.1) is 0 Å². The molecule has 0 radical (unpaired) electrons. The van der Waals surface area contributed by atoms with Gasteiger partial charge in [-0.05, 0) is 23.6 Å². The molecule has 20 heavy (non-hydrogen) atoms. The zero-order chi connectivity index (χ0) is 14.2. The van der Waals surface area contributed by atoms with Crippen LogP contribution in [0.5, 0.6) is 0 Å². The van der Waals surface area contributed by atoms with Gasteiger partial charge >= 0.3 is 6.03 Å². The van der Waals surface area contributed by atoms with Gasteiger partial charge in [-0.15, -0.1) is 11.3 Å². The zero-order valence-electron chi connectivity index (χ0n) is 11.3. The van der Waals surface area contributed by atoms with Crippen molar-refractivity contribution in [1.82, 2.24) is 10.6 Å². The first-order chi connectivity index (χ1) is 9.81. The number of carbonyl (C=O) groups excluding carboxylic acids is 1. The average Bonchev–Trinajstić information content (AvgIpc) is 3.12. The Bertz CT molecular complexity index is 462. The number of amides is 2. The SMILES string of the molecule is COCCNC(=O)NCC(c1ccco1)c1cccs1. The van der Waals surface area contributed by atoms with Crippen LogP contribution in [-0.4, -0.2) is 32.8 Å². The molecule has 6 heteroatoms. The number of ether oxygens (including phenoxy) is 1. The molecule has 2 N–H and O–H groups in total. The first-order valence-electron chi connectivity index (χ1n) is 6.38. The molecule has 1 atom stereocenters. The molecule has 2 heterocycles. The summed E-state index contributed by atoms with van der Waals surface area (Å²) < 4.78 is 10.3. The van der Waals surface area contributed by atoms with E-state index in [1.807, 2.05) is 29.6 Å². The molecule has 0 aliphatic heterocycles. The maximum Gasteiger partial charge on any atom is 0.314 e. The van der Waals surface area contributed by atoms with Gasteiger partial charge in [0.1, 0.15) is 5.76 Å². The van der Waals surface area contributed by atoms with Crippen molar-refractivity contribution in [3.05, 3.63) is 46.5 Å². The molecule has 5 nitrogen and oxygen atoms in total. The maximum absolute atomic E-state index is 11.7. The molecule has 0 saturated carbocycles. The number of rotatable bonds is 7. The summed E-state index contributed by atoms with van der Waals surface area (Å²) in [5.74, 6) is 0.891. The molecule has 0 fully saturated rings. The molecule has 0 spiro atoms. The Hall–Kier alpha value is -1.79. The van der Waals surface area contributed by atoms with Crippen molar-refractivity contribution in [3.63, 3.8) is 0 Å². The lowest BCUT2D eigenvalue weighted by atomic mass is 10.1. The van der Waals surface area contributed by atoms with Gasteiger partial charge in [0, 0.05) is 25.1 Å². The lowest BCUT2D eigenvalue weighted by Gasteiger charge is -2.14. The number of methoxy groups -OCH3 is 1. The average molecular weight is 294 g/mol. The fourth-order valence-corrected chi connectivity index (χ4v) is 2.68. The monoisotopic (exact) mass is 294 g/mol. The molecule has 0 aliphatic carbocycles. The number of carbonyl (C=O) groups is 1. The van der Waals surface area contributed by atoms with Crippen molar-refractivity contribution in [1.29, 1.82) is 0 Å². The van der Waals surface area contributed by atoms with Gasteiger partial charge in [-0.2, -0.15) is 0 Å². The Labute approximate surface area is 121 Å². The highest BCUT2D eigenvalue weighted by Crippen LogP contribution is 2.27. The lowest BCUT2D eigenvalue weighted by Crippen LogP contribution is -2.39. The van der Waals surface area contributed by atoms with Crippen LogP contribution >= 0.6 is 11.3 Å². The van der Waals surface area contributed by atoms with Gasteiger partial charge in [0.05, 0.1) is 18.8 Å². The van der Waals surface area contributed by atoms with Crippen LogP contribution in [0.3, 0.4) is 0 Å². The number of nitrogens with one attached hydrogen (secondary N) is 2. The first kappa shape index (κ1) is 14.6. The molecular weight excluding hydrogens is 276 g/mol. The van der Waals surface area contributed by atoms with E-state index in [-0.39, 0.29) is 11.9 Å². The van der Waals surface area contributed by atoms with Gasteiger partial charge in [0.25, 0.3) is 0 Å². The highest BCUT2D eigenvalue weighted by molar-refractivity contribution is 7.10. The second-order valence-corrected chi connectivity index (χ2v) is 5.19. The largest absolute Gasteiger partial charge is 0.469 e. The summed E-state index contributed by atoms with van der Waals surface area (Å²) in [7, 11) is 1.60. The fraction of sp³-hybridized carbons (Fsp3) is 0.357. The van der Waals surface area contributed by atoms with E-state index in [0.29, 0.717) is 19.7 Å². The van der Waals surface area contributed by atoms with Gasteiger partial charge in [0.15, 0.2) is 0 Å². The summed E-state index contributed by atoms with van der Waals surface area (Å²) in [6.07, 6.45) is 1.65. The van der Waals surface area contributed by atoms with Crippen molar-refractivity contribution < 1.29 is 13.9 Å². The van der Waals surface area contributed by atoms with Crippen molar-refractivity contribution >= 4 is 17.4 Å². The molecule has 1 unspecified atom stereocenters. The Morgan fingerprint density at radius 3 is 2.95 bits per heavy atom. The summed E-state index contributed by atoms with van der Waals surface area (Å²) in [5, 5.41) is 7.60. The second kappa shape index (κ2) is 7.72. The first-order valence-corrected chi connectivity index (χ1v) is 7.26. The Morgan fingerprint density at radius 1 is 1.40 bits per heavy atom. The number of hydrogen-bond acceptors (Lipinski definition) is 4. The minimum Gasteiger partial charge on any atom is -0.469 e. The lowest BCUT2D eigenvalue weighted by molar-refractivity contribution is 0.196. The molecule has 2 aromatic heterocycles. The van der Waals surface area contributed by atoms with Crippen LogP contribution in [0.15, 0.2) is 40.3 Å². The molecule has 0 aromatic carbocycles. The van der Waals surface area contributed by atoms with Gasteiger partial charge in [-0.25, -0.2) is 4.79 Å². The van der Waals surface area contributed by atoms with Crippen molar-refractivity contribution in [3.8, 4) is 0 Å². The summed E-state index contributed by atoms with van der Waals surface area (Å²) in [6, 6.07) is 7.62. The van der Waals surface area contributed by atoms with E-state index >= 15 is 0 Å². The number of urea groups is 1. The highest BCUT2D eigenvalue weighted by atomic mass is 32.1. The van der Waals surface area contributed by atoms with Crippen molar-refractivity contribution in [2.45, 2.75) is 5.92 Å². The van der Waals surface area contributed by atoms with Gasteiger partial charge in [0.2, 0.25) is 0 Å². The topological polar surface area (TPSA) is 63.5 Å².